The lowest BCUT2D eigenvalue weighted by Gasteiger charge is -2.26. The summed E-state index contributed by atoms with van der Waals surface area (Å²) >= 11 is 0. The van der Waals surface area contributed by atoms with E-state index in [9.17, 15) is 33.1 Å². The number of aromatic nitrogens is 2. The highest BCUT2D eigenvalue weighted by Gasteiger charge is 2.29. The third-order valence-corrected chi connectivity index (χ3v) is 5.27. The number of aromatic hydroxyl groups is 1. The average Bonchev–Trinajstić information content (AvgIpc) is 2.73. The van der Waals surface area contributed by atoms with Crippen molar-refractivity contribution in [3.05, 3.63) is 61.8 Å². The summed E-state index contributed by atoms with van der Waals surface area (Å²) < 4.78 is 29.2. The zero-order chi connectivity index (χ0) is 22.7. The molecule has 0 unspecified atom stereocenters. The standard InChI is InChI=1S/C20H21F2N3O6/c21-13-8-4-5-11(16(13)22)10-24-18(29)15(17(28)23-9-14(26)27)19(30)25(20(24)31)12-6-2-1-3-7-12/h4-5,8,12,30H,1-3,6-7,9-10H2,(H,23,28)(H,26,27). The lowest BCUT2D eigenvalue weighted by Crippen LogP contribution is -2.46. The maximum Gasteiger partial charge on any atom is 0.334 e. The van der Waals surface area contributed by atoms with Crippen molar-refractivity contribution in [3.63, 3.8) is 0 Å². The molecule has 9 nitrogen and oxygen atoms in total. The first kappa shape index (κ1) is 22.2. The summed E-state index contributed by atoms with van der Waals surface area (Å²) in [4.78, 5) is 49.2. The molecule has 0 atom stereocenters. The predicted octanol–water partition coefficient (Wildman–Crippen LogP) is 1.36. The SMILES string of the molecule is O=C(O)CNC(=O)c1c(O)n(C2CCCCC2)c(=O)n(Cc2cccc(F)c2F)c1=O. The Morgan fingerprint density at radius 3 is 2.45 bits per heavy atom. The van der Waals surface area contributed by atoms with Crippen molar-refractivity contribution in [1.29, 1.82) is 0 Å². The molecule has 0 aliphatic heterocycles. The van der Waals surface area contributed by atoms with Gasteiger partial charge in [-0.05, 0) is 18.9 Å². The van der Waals surface area contributed by atoms with Crippen molar-refractivity contribution < 1.29 is 28.6 Å². The maximum absolute atomic E-state index is 14.2. The Hall–Kier alpha value is -3.50. The van der Waals surface area contributed by atoms with Gasteiger partial charge in [-0.3, -0.25) is 23.5 Å². The summed E-state index contributed by atoms with van der Waals surface area (Å²) in [7, 11) is 0. The third kappa shape index (κ3) is 4.49. The van der Waals surface area contributed by atoms with Crippen molar-refractivity contribution in [2.75, 3.05) is 6.54 Å². The largest absolute Gasteiger partial charge is 0.494 e. The second kappa shape index (κ2) is 9.11. The van der Waals surface area contributed by atoms with Crippen molar-refractivity contribution in [1.82, 2.24) is 14.5 Å². The number of carbonyl (C=O) groups excluding carboxylic acids is 1. The molecule has 3 rings (SSSR count). The van der Waals surface area contributed by atoms with Gasteiger partial charge in [0, 0.05) is 11.6 Å². The summed E-state index contributed by atoms with van der Waals surface area (Å²) in [6.45, 7) is -1.49. The van der Waals surface area contributed by atoms with Crippen LogP contribution in [-0.4, -0.2) is 37.8 Å². The van der Waals surface area contributed by atoms with Gasteiger partial charge in [0.25, 0.3) is 11.5 Å². The first-order valence-corrected chi connectivity index (χ1v) is 9.73. The summed E-state index contributed by atoms with van der Waals surface area (Å²) in [5, 5.41) is 21.4. The lowest BCUT2D eigenvalue weighted by molar-refractivity contribution is -0.135. The van der Waals surface area contributed by atoms with Crippen molar-refractivity contribution >= 4 is 11.9 Å². The molecule has 1 aromatic carbocycles. The fourth-order valence-corrected chi connectivity index (χ4v) is 3.75. The molecule has 2 aromatic rings. The van der Waals surface area contributed by atoms with Gasteiger partial charge in [-0.2, -0.15) is 0 Å². The van der Waals surface area contributed by atoms with E-state index in [0.29, 0.717) is 17.4 Å². The van der Waals surface area contributed by atoms with Gasteiger partial charge in [-0.25, -0.2) is 13.6 Å². The van der Waals surface area contributed by atoms with Gasteiger partial charge >= 0.3 is 11.7 Å². The van der Waals surface area contributed by atoms with Gasteiger partial charge in [0.15, 0.2) is 17.2 Å². The van der Waals surface area contributed by atoms with Crippen molar-refractivity contribution in [2.24, 2.45) is 0 Å². The van der Waals surface area contributed by atoms with Gasteiger partial charge in [-0.1, -0.05) is 31.4 Å². The first-order chi connectivity index (χ1) is 14.7. The number of nitrogens with zero attached hydrogens (tertiary/aromatic N) is 2. The zero-order valence-corrected chi connectivity index (χ0v) is 16.4. The van der Waals surface area contributed by atoms with E-state index < -0.39 is 65.3 Å². The second-order valence-electron chi connectivity index (χ2n) is 7.32. The normalized spacial score (nSPS) is 14.4. The molecule has 11 heteroatoms. The number of rotatable bonds is 6. The van der Waals surface area contributed by atoms with Crippen LogP contribution < -0.4 is 16.6 Å². The fraction of sp³-hybridized carbons (Fsp3) is 0.400. The number of hydrogen-bond acceptors (Lipinski definition) is 5. The number of carboxylic acids is 1. The quantitative estimate of drug-likeness (QED) is 0.626. The van der Waals surface area contributed by atoms with Crippen LogP contribution in [0.2, 0.25) is 0 Å². The predicted molar refractivity (Wildman–Crippen MR) is 104 cm³/mol. The van der Waals surface area contributed by atoms with Gasteiger partial charge in [0.1, 0.15) is 6.54 Å². The number of carbonyl (C=O) groups is 2. The van der Waals surface area contributed by atoms with Crippen LogP contribution in [0.1, 0.15) is 54.1 Å². The Morgan fingerprint density at radius 1 is 1.13 bits per heavy atom. The molecule has 0 saturated heterocycles. The highest BCUT2D eigenvalue weighted by molar-refractivity contribution is 5.97. The lowest BCUT2D eigenvalue weighted by atomic mass is 9.95. The molecular formula is C20H21F2N3O6. The van der Waals surface area contributed by atoms with Crippen LogP contribution in [0.15, 0.2) is 27.8 Å². The van der Waals surface area contributed by atoms with Crippen LogP contribution in [0.5, 0.6) is 5.88 Å². The molecular weight excluding hydrogens is 416 g/mol. The van der Waals surface area contributed by atoms with Gasteiger partial charge in [0.2, 0.25) is 5.88 Å². The number of benzene rings is 1. The molecule has 1 saturated carbocycles. The minimum atomic E-state index is -1.38. The number of halogens is 2. The Kier molecular flexibility index (Phi) is 6.52. The molecule has 0 bridgehead atoms. The Labute approximate surface area is 174 Å². The summed E-state index contributed by atoms with van der Waals surface area (Å²) in [6.07, 6.45) is 3.46. The summed E-state index contributed by atoms with van der Waals surface area (Å²) in [6, 6.07) is 2.77. The average molecular weight is 437 g/mol. The van der Waals surface area contributed by atoms with E-state index in [4.69, 9.17) is 5.11 Å². The first-order valence-electron chi connectivity index (χ1n) is 9.73. The van der Waals surface area contributed by atoms with E-state index >= 15 is 0 Å². The molecule has 1 aromatic heterocycles. The van der Waals surface area contributed by atoms with Crippen LogP contribution in [0, 0.1) is 11.6 Å². The smallest absolute Gasteiger partial charge is 0.334 e. The van der Waals surface area contributed by atoms with E-state index in [1.54, 1.807) is 0 Å². The van der Waals surface area contributed by atoms with E-state index in [2.05, 4.69) is 0 Å². The van der Waals surface area contributed by atoms with Crippen LogP contribution in [0.4, 0.5) is 8.78 Å². The maximum atomic E-state index is 14.2. The van der Waals surface area contributed by atoms with E-state index in [-0.39, 0.29) is 5.56 Å². The van der Waals surface area contributed by atoms with Crippen LogP contribution >= 0.6 is 0 Å². The van der Waals surface area contributed by atoms with Crippen molar-refractivity contribution in [3.8, 4) is 5.88 Å². The summed E-state index contributed by atoms with van der Waals surface area (Å²) in [5.41, 5.74) is -3.32. The van der Waals surface area contributed by atoms with Crippen molar-refractivity contribution in [2.45, 2.75) is 44.7 Å². The molecule has 1 fully saturated rings. The molecule has 1 amide bonds. The minimum absolute atomic E-state index is 0.294. The number of nitrogens with one attached hydrogen (secondary N) is 1. The highest BCUT2D eigenvalue weighted by Crippen LogP contribution is 2.30. The molecule has 0 radical (unpaired) electrons. The Bertz CT molecular complexity index is 1130. The minimum Gasteiger partial charge on any atom is -0.494 e. The van der Waals surface area contributed by atoms with Gasteiger partial charge in [-0.15, -0.1) is 0 Å². The second-order valence-corrected chi connectivity index (χ2v) is 7.32. The zero-order valence-electron chi connectivity index (χ0n) is 16.4. The molecule has 1 aliphatic carbocycles. The molecule has 166 valence electrons. The highest BCUT2D eigenvalue weighted by atomic mass is 19.2. The van der Waals surface area contributed by atoms with Crippen LogP contribution in [0.25, 0.3) is 0 Å². The molecule has 0 spiro atoms. The Balaban J connectivity index is 2.18. The molecule has 3 N–H and O–H groups in total. The van der Waals surface area contributed by atoms with E-state index in [1.807, 2.05) is 5.32 Å². The molecule has 1 aliphatic rings. The number of aliphatic carboxylic acids is 1. The molecule has 31 heavy (non-hydrogen) atoms. The van der Waals surface area contributed by atoms with Crippen LogP contribution in [-0.2, 0) is 11.3 Å². The molecule has 1 heterocycles. The van der Waals surface area contributed by atoms with E-state index in [0.717, 1.165) is 29.9 Å². The van der Waals surface area contributed by atoms with E-state index in [1.165, 1.54) is 12.1 Å². The van der Waals surface area contributed by atoms with Gasteiger partial charge in [0.05, 0.1) is 6.54 Å². The third-order valence-electron chi connectivity index (χ3n) is 5.27. The number of amides is 1. The number of carboxylic acid groups (broad SMARTS) is 1. The monoisotopic (exact) mass is 437 g/mol. The Morgan fingerprint density at radius 2 is 1.81 bits per heavy atom. The number of hydrogen-bond donors (Lipinski definition) is 3. The fourth-order valence-electron chi connectivity index (χ4n) is 3.75. The topological polar surface area (TPSA) is 131 Å². The van der Waals surface area contributed by atoms with Gasteiger partial charge < -0.3 is 15.5 Å². The summed E-state index contributed by atoms with van der Waals surface area (Å²) in [5.74, 6) is -5.86. The van der Waals surface area contributed by atoms with Crippen LogP contribution in [0.3, 0.4) is 0 Å².